The second kappa shape index (κ2) is 35.0. The molecule has 0 saturated carbocycles. The monoisotopic (exact) mass is 1360 g/mol. The predicted octanol–water partition coefficient (Wildman–Crippen LogP) is -13.3. The number of aliphatic hydroxyl groups is 20. The molecule has 0 aromatic rings. The summed E-state index contributed by atoms with van der Waals surface area (Å²) in [6.07, 6.45) is -64.5. The molecule has 0 aromatic carbocycles. The third-order valence-corrected chi connectivity index (χ3v) is 18.4. The molecular weight excluding hydrogens is 1270 g/mol. The number of methoxy groups -OCH3 is 1. The Morgan fingerprint density at radius 1 is 0.422 bits per heavy atom. The molecule has 16 unspecified atom stereocenters. The van der Waals surface area contributed by atoms with Crippen molar-refractivity contribution in [3.8, 4) is 0 Å². The van der Waals surface area contributed by atoms with Crippen LogP contribution in [0, 0.1) is 5.92 Å². The summed E-state index contributed by atoms with van der Waals surface area (Å²) in [6.45, 7) is -2.34. The van der Waals surface area contributed by atoms with E-state index in [0.717, 1.165) is 30.4 Å². The lowest BCUT2D eigenvalue weighted by molar-refractivity contribution is -0.395. The van der Waals surface area contributed by atoms with Gasteiger partial charge in [-0.05, 0) is 6.92 Å². The van der Waals surface area contributed by atoms with E-state index < -0.39 is 266 Å². The Kier molecular flexibility index (Phi) is 30.0. The first-order valence-electron chi connectivity index (χ1n) is 28.5. The van der Waals surface area contributed by atoms with E-state index in [2.05, 4.69) is 0 Å². The average molecular weight is 1360 g/mol. The van der Waals surface area contributed by atoms with Crippen molar-refractivity contribution in [2.24, 2.45) is 11.7 Å². The average Bonchev–Trinajstić information content (AvgIpc) is 0.936. The Labute approximate surface area is 520 Å². The van der Waals surface area contributed by atoms with Gasteiger partial charge in [-0.3, -0.25) is 9.59 Å². The maximum absolute atomic E-state index is 11.7. The van der Waals surface area contributed by atoms with Gasteiger partial charge in [0.1, 0.15) is 159 Å². The molecule has 0 spiro atoms. The molecule has 0 bridgehead atoms. The normalized spacial score (nSPS) is 44.9. The molecule has 6 heterocycles. The molecule has 0 aliphatic carbocycles. The lowest BCUT2D eigenvalue weighted by atomic mass is 9.95. The molecule has 6 aliphatic heterocycles. The number of aliphatic carboxylic acids is 2. The molecule has 90 heavy (non-hydrogen) atoms. The number of rotatable bonds is 31. The first-order valence-corrected chi connectivity index (χ1v) is 30.8. The van der Waals surface area contributed by atoms with Crippen LogP contribution in [-0.2, 0) is 71.2 Å². The molecule has 36 atom stereocenters. The molecule has 0 radical (unpaired) electrons. The van der Waals surface area contributed by atoms with Crippen LogP contribution in [0.2, 0.25) is 0 Å². The van der Waals surface area contributed by atoms with Gasteiger partial charge >= 0.3 is 11.9 Å². The highest BCUT2D eigenvalue weighted by atomic mass is 32.2. The third-order valence-electron chi connectivity index (χ3n) is 15.9. The van der Waals surface area contributed by atoms with Gasteiger partial charge in [0.2, 0.25) is 0 Å². The van der Waals surface area contributed by atoms with Crippen molar-refractivity contribution >= 4 is 35.5 Å². The molecule has 6 aliphatic rings. The van der Waals surface area contributed by atoms with Crippen molar-refractivity contribution < 1.29 is 184 Å². The fourth-order valence-corrected chi connectivity index (χ4v) is 12.7. The summed E-state index contributed by atoms with van der Waals surface area (Å²) in [5.74, 6) is -4.27. The number of thioether (sulfide) groups is 2. The molecule has 6 rings (SSSR count). The molecule has 526 valence electrons. The van der Waals surface area contributed by atoms with E-state index >= 15 is 0 Å². The van der Waals surface area contributed by atoms with E-state index in [4.69, 9.17) is 67.3 Å². The molecule has 24 N–H and O–H groups in total. The van der Waals surface area contributed by atoms with Crippen LogP contribution in [0.15, 0.2) is 0 Å². The van der Waals surface area contributed by atoms with Gasteiger partial charge in [-0.25, -0.2) is 0 Å². The Bertz CT molecular complexity index is 2150. The van der Waals surface area contributed by atoms with Gasteiger partial charge in [-0.2, -0.15) is 23.5 Å². The molecule has 6 fully saturated rings. The molecule has 40 heteroatoms. The van der Waals surface area contributed by atoms with Crippen molar-refractivity contribution in [3.05, 3.63) is 0 Å². The summed E-state index contributed by atoms with van der Waals surface area (Å²) in [6, 6.07) is -1.45. The van der Waals surface area contributed by atoms with Crippen LogP contribution in [0.3, 0.4) is 0 Å². The topological polar surface area (TPSA) is 625 Å². The third kappa shape index (κ3) is 18.1. The number of hydrogen-bond acceptors (Lipinski definition) is 38. The molecular formula is C50H87NO37S2. The molecule has 38 nitrogen and oxygen atoms in total. The highest BCUT2D eigenvalue weighted by Crippen LogP contribution is 2.38. The lowest BCUT2D eigenvalue weighted by Gasteiger charge is -2.50. The van der Waals surface area contributed by atoms with E-state index in [9.17, 15) is 122 Å². The first kappa shape index (κ1) is 77.3. The highest BCUT2D eigenvalue weighted by Gasteiger charge is 2.58. The van der Waals surface area contributed by atoms with Gasteiger partial charge in [0.05, 0.1) is 57.3 Å². The maximum Gasteiger partial charge on any atom is 0.321 e. The number of carbonyl (C=O) groups is 2. The number of ether oxygens (including phenoxy) is 13. The van der Waals surface area contributed by atoms with Gasteiger partial charge in [0, 0.05) is 30.1 Å². The van der Waals surface area contributed by atoms with Crippen molar-refractivity contribution in [1.29, 1.82) is 0 Å². The quantitative estimate of drug-likeness (QED) is 0.0306. The van der Waals surface area contributed by atoms with Crippen LogP contribution < -0.4 is 5.73 Å². The van der Waals surface area contributed by atoms with Crippen molar-refractivity contribution in [2.45, 2.75) is 229 Å². The van der Waals surface area contributed by atoms with E-state index in [1.165, 1.54) is 14.0 Å². The number of carboxylic acids is 2. The Hall–Kier alpha value is -1.72. The van der Waals surface area contributed by atoms with Gasteiger partial charge in [-0.1, -0.05) is 6.92 Å². The number of aliphatic hydroxyl groups excluding tert-OH is 20. The first-order chi connectivity index (χ1) is 42.5. The zero-order chi connectivity index (χ0) is 66.9. The smallest absolute Gasteiger partial charge is 0.321 e. The summed E-state index contributed by atoms with van der Waals surface area (Å²) in [5.41, 5.74) is 5.69. The van der Waals surface area contributed by atoms with E-state index in [0.29, 0.717) is 0 Å². The van der Waals surface area contributed by atoms with Crippen LogP contribution in [0.4, 0.5) is 0 Å². The minimum atomic E-state index is -2.26. The standard InChI is InChI=1S/C50H87NO37S2/c1-13(43(72)73)9-89-11-16(58)36(23(59)14(2)57)83-45-31(67)25(61)38(18(5-53)78-45)85-47-32(68)26(62)40(19(6-54)79-47)86-48-33(69)27(63)41(21(8-56)80-48)87-50-35(71)29(65)42(22(82-50)12-90-10-15(51)44(74)75)88-49-34(70)28(64)39(20(7-55)81-49)84-46-30(66)24(60)37(76-3)17(4-52)77-46/h13-42,45-50,52-71H,4-12,51H2,1-3H3,(H,72,73)(H,74,75)/t13?,14?,15?,16?,17?,18?,19?,20?,21?,22?,23-,24-,25-,26?,27?,28?,29?,30?,31?,32+,33+,34+,35+,36-,37-,38-,39-,40-,41-,42-,45-,46+,47-,48-,49+,50+/m1/s1. The Balaban J connectivity index is 1.10. The summed E-state index contributed by atoms with van der Waals surface area (Å²) in [5, 5.41) is 237. The van der Waals surface area contributed by atoms with Crippen LogP contribution in [0.5, 0.6) is 0 Å². The summed E-state index contributed by atoms with van der Waals surface area (Å²) >= 11 is 1.77. The zero-order valence-corrected chi connectivity index (χ0v) is 50.1. The molecule has 0 amide bonds. The minimum Gasteiger partial charge on any atom is -0.481 e. The van der Waals surface area contributed by atoms with E-state index in [1.807, 2.05) is 0 Å². The van der Waals surface area contributed by atoms with Gasteiger partial charge in [0.25, 0.3) is 0 Å². The largest absolute Gasteiger partial charge is 0.481 e. The number of hydrogen-bond donors (Lipinski definition) is 23. The minimum absolute atomic E-state index is 0.0198. The van der Waals surface area contributed by atoms with Crippen molar-refractivity contribution in [3.63, 3.8) is 0 Å². The van der Waals surface area contributed by atoms with Gasteiger partial charge in [-0.15, -0.1) is 0 Å². The maximum atomic E-state index is 11.7. The van der Waals surface area contributed by atoms with Crippen LogP contribution >= 0.6 is 23.5 Å². The number of nitrogens with two attached hydrogens (primary N) is 1. The Morgan fingerprint density at radius 3 is 1.03 bits per heavy atom. The van der Waals surface area contributed by atoms with E-state index in [1.54, 1.807) is 0 Å². The summed E-state index contributed by atoms with van der Waals surface area (Å²) in [7, 11) is 1.17. The van der Waals surface area contributed by atoms with Crippen LogP contribution in [0.1, 0.15) is 13.8 Å². The lowest BCUT2D eigenvalue weighted by Crippen LogP contribution is -2.68. The van der Waals surface area contributed by atoms with Gasteiger partial charge < -0.3 is 180 Å². The van der Waals surface area contributed by atoms with Gasteiger partial charge in [0.15, 0.2) is 37.7 Å². The van der Waals surface area contributed by atoms with Crippen molar-refractivity contribution in [2.75, 3.05) is 63.2 Å². The van der Waals surface area contributed by atoms with Crippen LogP contribution in [0.25, 0.3) is 0 Å². The molecule has 0 aromatic heterocycles. The second-order valence-electron chi connectivity index (χ2n) is 22.4. The number of carboxylic acid groups (broad SMARTS) is 2. The van der Waals surface area contributed by atoms with E-state index in [-0.39, 0.29) is 23.0 Å². The highest BCUT2D eigenvalue weighted by molar-refractivity contribution is 7.99. The Morgan fingerprint density at radius 2 is 0.722 bits per heavy atom. The fraction of sp³-hybridized carbons (Fsp3) is 0.960. The SMILES string of the molecule is CO[C@@H]1C(CO)O[C@@H](O[C@@H]2C(CO)O[C@@H](O[C@@H]3C(CSCC(N)C(=O)O)O[C@@H](O[C@@H]4C(CO)O[C@H](O[C@@H]5C(CO)O[C@H](O[C@@H]6C(CO)O[C@H](O[C@H](C(O)CSCC(C)C(=O)O)[C@H](O)C(C)O)C(O)[C@H]6O)[C@@H](O)C5O)[C@@H](O)C4O)[C@@H](O)C3O)[C@@H](O)C2O)C(O)[C@H]1O. The zero-order valence-electron chi connectivity index (χ0n) is 48.5. The molecule has 6 saturated heterocycles. The fourth-order valence-electron chi connectivity index (χ4n) is 10.6. The predicted molar refractivity (Wildman–Crippen MR) is 290 cm³/mol. The van der Waals surface area contributed by atoms with Crippen LogP contribution in [-0.4, -0.2) is 402 Å². The van der Waals surface area contributed by atoms with Crippen molar-refractivity contribution in [1.82, 2.24) is 0 Å². The summed E-state index contributed by atoms with van der Waals surface area (Å²) < 4.78 is 73.9. The second-order valence-corrected chi connectivity index (χ2v) is 24.6. The summed E-state index contributed by atoms with van der Waals surface area (Å²) in [4.78, 5) is 22.8.